The summed E-state index contributed by atoms with van der Waals surface area (Å²) in [6.45, 7) is 0. The lowest BCUT2D eigenvalue weighted by Gasteiger charge is -2.20. The van der Waals surface area contributed by atoms with Gasteiger partial charge in [-0.2, -0.15) is 4.98 Å². The van der Waals surface area contributed by atoms with Crippen molar-refractivity contribution in [2.75, 3.05) is 4.90 Å². The zero-order valence-electron chi connectivity index (χ0n) is 13.4. The van der Waals surface area contributed by atoms with Crippen LogP contribution in [0.4, 0.5) is 15.6 Å². The van der Waals surface area contributed by atoms with Gasteiger partial charge in [0.25, 0.3) is 5.91 Å². The van der Waals surface area contributed by atoms with Crippen LogP contribution in [-0.4, -0.2) is 17.0 Å². The molecule has 0 unspecified atom stereocenters. The highest BCUT2D eigenvalue weighted by molar-refractivity contribution is 7.14. The molecule has 1 aromatic heterocycles. The number of primary amides is 1. The number of carbonyl (C=O) groups is 2. The van der Waals surface area contributed by atoms with Crippen LogP contribution in [0.15, 0.2) is 47.8 Å². The molecule has 1 heterocycles. The van der Waals surface area contributed by atoms with Crippen LogP contribution >= 0.6 is 46.1 Å². The molecule has 2 N–H and O–H groups in total. The first kappa shape index (κ1) is 19.4. The summed E-state index contributed by atoms with van der Waals surface area (Å²) in [5.74, 6) is -0.463. The summed E-state index contributed by atoms with van der Waals surface area (Å²) < 4.78 is 4.76. The van der Waals surface area contributed by atoms with Crippen molar-refractivity contribution in [2.24, 2.45) is 5.73 Å². The summed E-state index contributed by atoms with van der Waals surface area (Å²) >= 11 is 19.1. The van der Waals surface area contributed by atoms with Gasteiger partial charge in [0.1, 0.15) is 0 Å². The van der Waals surface area contributed by atoms with E-state index in [1.807, 2.05) is 0 Å². The van der Waals surface area contributed by atoms with Crippen molar-refractivity contribution in [3.8, 4) is 5.88 Å². The Morgan fingerprint density at radius 1 is 1.04 bits per heavy atom. The Bertz CT molecular complexity index is 1010. The summed E-state index contributed by atoms with van der Waals surface area (Å²) in [6.07, 6.45) is -1.00. The number of ether oxygens (including phenoxy) is 1. The van der Waals surface area contributed by atoms with E-state index in [0.29, 0.717) is 15.7 Å². The topological polar surface area (TPSA) is 85.5 Å². The monoisotopic (exact) mass is 441 g/mol. The van der Waals surface area contributed by atoms with Gasteiger partial charge in [-0.3, -0.25) is 9.69 Å². The molecular formula is C17H10Cl3N3O3S. The third-order valence-electron chi connectivity index (χ3n) is 3.32. The molecule has 0 aliphatic heterocycles. The average Bonchev–Trinajstić information content (AvgIpc) is 3.04. The van der Waals surface area contributed by atoms with Gasteiger partial charge in [-0.25, -0.2) is 4.79 Å². The summed E-state index contributed by atoms with van der Waals surface area (Å²) in [4.78, 5) is 29.6. The molecule has 0 atom stereocenters. The zero-order chi connectivity index (χ0) is 19.6. The van der Waals surface area contributed by atoms with Gasteiger partial charge in [0.05, 0.1) is 21.7 Å². The van der Waals surface area contributed by atoms with Crippen molar-refractivity contribution in [1.82, 2.24) is 4.98 Å². The average molecular weight is 443 g/mol. The number of amides is 2. The second-order valence-electron chi connectivity index (χ2n) is 5.13. The van der Waals surface area contributed by atoms with E-state index in [1.54, 1.807) is 30.3 Å². The Hall–Kier alpha value is -2.32. The molecule has 3 aromatic rings. The van der Waals surface area contributed by atoms with E-state index in [2.05, 4.69) is 4.98 Å². The van der Waals surface area contributed by atoms with Gasteiger partial charge in [-0.05, 0) is 42.5 Å². The number of carbonyl (C=O) groups excluding carboxylic acids is 2. The Balaban J connectivity index is 2.07. The van der Waals surface area contributed by atoms with Gasteiger partial charge >= 0.3 is 6.09 Å². The fourth-order valence-corrected chi connectivity index (χ4v) is 3.55. The minimum absolute atomic E-state index is 0.0172. The van der Waals surface area contributed by atoms with E-state index >= 15 is 0 Å². The van der Waals surface area contributed by atoms with Crippen molar-refractivity contribution >= 4 is 69.0 Å². The van der Waals surface area contributed by atoms with Gasteiger partial charge in [0.15, 0.2) is 0 Å². The smallest absolute Gasteiger partial charge is 0.390 e. The lowest BCUT2D eigenvalue weighted by Crippen LogP contribution is -2.26. The first-order chi connectivity index (χ1) is 12.8. The maximum absolute atomic E-state index is 13.2. The summed E-state index contributed by atoms with van der Waals surface area (Å²) in [6, 6.07) is 11.1. The highest BCUT2D eigenvalue weighted by Gasteiger charge is 2.25. The van der Waals surface area contributed by atoms with Gasteiger partial charge < -0.3 is 10.5 Å². The van der Waals surface area contributed by atoms with E-state index in [9.17, 15) is 9.59 Å². The van der Waals surface area contributed by atoms with Crippen LogP contribution in [0.3, 0.4) is 0 Å². The molecule has 138 valence electrons. The number of rotatable bonds is 4. The van der Waals surface area contributed by atoms with E-state index in [4.69, 9.17) is 45.3 Å². The van der Waals surface area contributed by atoms with Crippen LogP contribution in [0.2, 0.25) is 15.1 Å². The van der Waals surface area contributed by atoms with Gasteiger partial charge in [-0.15, -0.1) is 11.3 Å². The van der Waals surface area contributed by atoms with Crippen molar-refractivity contribution in [2.45, 2.75) is 0 Å². The minimum Gasteiger partial charge on any atom is -0.390 e. The predicted molar refractivity (Wildman–Crippen MR) is 107 cm³/mol. The highest BCUT2D eigenvalue weighted by Crippen LogP contribution is 2.34. The molecule has 0 aliphatic rings. The standard InChI is InChI=1S/C17H10Cl3N3O3S/c18-9-1-4-11(5-2-9)23(17-22-14(8-27-17)26-16(21)25)15(24)12-6-3-10(19)7-13(12)20/h1-8H,(H2,21,25). The summed E-state index contributed by atoms with van der Waals surface area (Å²) in [5.41, 5.74) is 5.72. The maximum Gasteiger partial charge on any atom is 0.411 e. The first-order valence-corrected chi connectivity index (χ1v) is 9.34. The minimum atomic E-state index is -1.00. The largest absolute Gasteiger partial charge is 0.411 e. The van der Waals surface area contributed by atoms with Crippen molar-refractivity contribution in [1.29, 1.82) is 0 Å². The number of hydrogen-bond donors (Lipinski definition) is 1. The number of hydrogen-bond acceptors (Lipinski definition) is 5. The molecule has 2 aromatic carbocycles. The molecule has 0 saturated carbocycles. The maximum atomic E-state index is 13.2. The SMILES string of the molecule is NC(=O)Oc1csc(N(C(=O)c2ccc(Cl)cc2Cl)c2ccc(Cl)cc2)n1. The third kappa shape index (κ3) is 4.51. The lowest BCUT2D eigenvalue weighted by atomic mass is 10.2. The van der Waals surface area contributed by atoms with Crippen LogP contribution < -0.4 is 15.4 Å². The molecule has 0 bridgehead atoms. The fourth-order valence-electron chi connectivity index (χ4n) is 2.19. The van der Waals surface area contributed by atoms with E-state index in [-0.39, 0.29) is 21.6 Å². The van der Waals surface area contributed by atoms with Gasteiger partial charge in [0.2, 0.25) is 11.0 Å². The molecule has 6 nitrogen and oxygen atoms in total. The number of nitrogens with two attached hydrogens (primary N) is 1. The first-order valence-electron chi connectivity index (χ1n) is 7.33. The number of halogens is 3. The number of aromatic nitrogens is 1. The number of benzene rings is 2. The molecule has 0 aliphatic carbocycles. The van der Waals surface area contributed by atoms with E-state index < -0.39 is 12.0 Å². The van der Waals surface area contributed by atoms with Crippen molar-refractivity contribution in [3.05, 3.63) is 68.5 Å². The second-order valence-corrected chi connectivity index (χ2v) is 7.25. The van der Waals surface area contributed by atoms with Crippen LogP contribution in [-0.2, 0) is 0 Å². The summed E-state index contributed by atoms with van der Waals surface area (Å²) in [5, 5.41) is 2.81. The molecule has 27 heavy (non-hydrogen) atoms. The van der Waals surface area contributed by atoms with Gasteiger partial charge in [0, 0.05) is 10.0 Å². The number of anilines is 2. The summed E-state index contributed by atoms with van der Waals surface area (Å²) in [7, 11) is 0. The Labute approximate surface area is 173 Å². The molecule has 0 spiro atoms. The normalized spacial score (nSPS) is 10.5. The van der Waals surface area contributed by atoms with Crippen LogP contribution in [0.1, 0.15) is 10.4 Å². The molecule has 2 amide bonds. The Morgan fingerprint density at radius 2 is 1.70 bits per heavy atom. The van der Waals surface area contributed by atoms with Crippen molar-refractivity contribution < 1.29 is 14.3 Å². The van der Waals surface area contributed by atoms with Crippen LogP contribution in [0.25, 0.3) is 0 Å². The van der Waals surface area contributed by atoms with Crippen LogP contribution in [0.5, 0.6) is 5.88 Å². The molecule has 0 saturated heterocycles. The number of nitrogens with zero attached hydrogens (tertiary/aromatic N) is 2. The van der Waals surface area contributed by atoms with E-state index in [1.165, 1.54) is 22.4 Å². The molecule has 10 heteroatoms. The lowest BCUT2D eigenvalue weighted by molar-refractivity contribution is 0.0999. The zero-order valence-corrected chi connectivity index (χ0v) is 16.4. The predicted octanol–water partition coefficient (Wildman–Crippen LogP) is 5.54. The molecule has 3 rings (SSSR count). The van der Waals surface area contributed by atoms with Gasteiger partial charge in [-0.1, -0.05) is 34.8 Å². The van der Waals surface area contributed by atoms with Crippen molar-refractivity contribution in [3.63, 3.8) is 0 Å². The molecule has 0 fully saturated rings. The van der Waals surface area contributed by atoms with E-state index in [0.717, 1.165) is 11.3 Å². The third-order valence-corrected chi connectivity index (χ3v) is 4.92. The molecular weight excluding hydrogens is 433 g/mol. The fraction of sp³-hybridized carbons (Fsp3) is 0. The second kappa shape index (κ2) is 8.14. The quantitative estimate of drug-likeness (QED) is 0.575. The Morgan fingerprint density at radius 3 is 2.33 bits per heavy atom. The highest BCUT2D eigenvalue weighted by atomic mass is 35.5. The number of thiazole rings is 1. The van der Waals surface area contributed by atoms with Crippen LogP contribution in [0, 0.1) is 0 Å². The molecule has 0 radical (unpaired) electrons. The Kier molecular flexibility index (Phi) is 5.86.